The van der Waals surface area contributed by atoms with Crippen LogP contribution >= 0.6 is 10.2 Å². The van der Waals surface area contributed by atoms with E-state index in [0.29, 0.717) is 0 Å². The van der Waals surface area contributed by atoms with Gasteiger partial charge in [-0.15, -0.1) is 6.58 Å². The van der Waals surface area contributed by atoms with Gasteiger partial charge in [-0.1, -0.05) is 6.08 Å². The highest BCUT2D eigenvalue weighted by atomic mass is 32.3. The summed E-state index contributed by atoms with van der Waals surface area (Å²) in [4.78, 5) is 0. The molecule has 0 radical (unpaired) electrons. The summed E-state index contributed by atoms with van der Waals surface area (Å²) in [6.45, 7) is 4.54. The molecule has 50 valence electrons. The first kappa shape index (κ1) is 8.05. The van der Waals surface area contributed by atoms with Gasteiger partial charge in [0.1, 0.15) is 0 Å². The smallest absolute Gasteiger partial charge is 0.0221 e. The summed E-state index contributed by atoms with van der Waals surface area (Å²) in [6.07, 6.45) is 8.54. The molecule has 0 saturated carbocycles. The third-order valence-corrected chi connectivity index (χ3v) is 1.69. The van der Waals surface area contributed by atoms with Crippen molar-refractivity contribution < 1.29 is 0 Å². The van der Waals surface area contributed by atoms with Crippen LogP contribution in [0.25, 0.3) is 0 Å². The molecule has 0 unspecified atom stereocenters. The SMILES string of the molecule is C=CCNS(C)(C)C. The van der Waals surface area contributed by atoms with Crippen LogP contribution in [0.1, 0.15) is 0 Å². The fourth-order valence-electron chi connectivity index (χ4n) is 0.309. The monoisotopic (exact) mass is 133 g/mol. The van der Waals surface area contributed by atoms with Gasteiger partial charge in [0.15, 0.2) is 0 Å². The molecule has 0 aliphatic carbocycles. The molecular weight excluding hydrogens is 118 g/mol. The molecule has 0 aromatic heterocycles. The van der Waals surface area contributed by atoms with Crippen molar-refractivity contribution in [3.63, 3.8) is 0 Å². The second kappa shape index (κ2) is 3.15. The van der Waals surface area contributed by atoms with E-state index in [1.807, 2.05) is 6.08 Å². The number of nitrogens with one attached hydrogen (secondary N) is 1. The zero-order chi connectivity index (χ0) is 6.62. The number of hydrogen-bond donors (Lipinski definition) is 1. The molecule has 0 aromatic rings. The first-order chi connectivity index (χ1) is 3.56. The molecule has 1 N–H and O–H groups in total. The van der Waals surface area contributed by atoms with Crippen LogP contribution in [0.4, 0.5) is 0 Å². The molecule has 1 nitrogen and oxygen atoms in total. The van der Waals surface area contributed by atoms with Crippen LogP contribution in [-0.4, -0.2) is 25.3 Å². The van der Waals surface area contributed by atoms with Crippen LogP contribution in [0.5, 0.6) is 0 Å². The molecule has 0 fully saturated rings. The van der Waals surface area contributed by atoms with Crippen LogP contribution in [0.3, 0.4) is 0 Å². The maximum Gasteiger partial charge on any atom is 0.0221 e. The Morgan fingerprint density at radius 1 is 1.50 bits per heavy atom. The molecule has 2 heteroatoms. The Morgan fingerprint density at radius 2 is 2.00 bits per heavy atom. The summed E-state index contributed by atoms with van der Waals surface area (Å²) >= 11 is 0. The summed E-state index contributed by atoms with van der Waals surface area (Å²) in [5.74, 6) is 0. The van der Waals surface area contributed by atoms with E-state index in [1.54, 1.807) is 0 Å². The van der Waals surface area contributed by atoms with Crippen molar-refractivity contribution in [3.8, 4) is 0 Å². The van der Waals surface area contributed by atoms with Gasteiger partial charge in [0, 0.05) is 6.54 Å². The van der Waals surface area contributed by atoms with Crippen LogP contribution < -0.4 is 4.72 Å². The van der Waals surface area contributed by atoms with E-state index in [9.17, 15) is 0 Å². The Morgan fingerprint density at radius 3 is 2.12 bits per heavy atom. The number of rotatable bonds is 3. The molecule has 0 rings (SSSR count). The minimum atomic E-state index is -0.508. The molecule has 8 heavy (non-hydrogen) atoms. The van der Waals surface area contributed by atoms with E-state index in [4.69, 9.17) is 0 Å². The largest absolute Gasteiger partial charge is 0.278 e. The second-order valence-electron chi connectivity index (χ2n) is 2.47. The zero-order valence-electron chi connectivity index (χ0n) is 5.90. The molecule has 0 atom stereocenters. The lowest BCUT2D eigenvalue weighted by atomic mass is 10.7. The van der Waals surface area contributed by atoms with E-state index in [2.05, 4.69) is 30.1 Å². The molecule has 0 aliphatic heterocycles. The highest BCUT2D eigenvalue weighted by Crippen LogP contribution is 2.27. The minimum Gasteiger partial charge on any atom is -0.278 e. The number of hydrogen-bond acceptors (Lipinski definition) is 1. The van der Waals surface area contributed by atoms with Crippen LogP contribution in [0, 0.1) is 0 Å². The molecule has 0 amide bonds. The predicted molar refractivity (Wildman–Crippen MR) is 43.6 cm³/mol. The minimum absolute atomic E-state index is 0.508. The highest BCUT2D eigenvalue weighted by Gasteiger charge is 1.97. The fraction of sp³-hybridized carbons (Fsp3) is 0.667. The molecule has 0 aromatic carbocycles. The average Bonchev–Trinajstić information content (AvgIpc) is 1.59. The van der Waals surface area contributed by atoms with Crippen molar-refractivity contribution in [1.29, 1.82) is 0 Å². The highest BCUT2D eigenvalue weighted by molar-refractivity contribution is 8.30. The third kappa shape index (κ3) is 6.05. The van der Waals surface area contributed by atoms with Gasteiger partial charge in [-0.25, -0.2) is 0 Å². The Balaban J connectivity index is 3.24. The van der Waals surface area contributed by atoms with E-state index in [-0.39, 0.29) is 0 Å². The van der Waals surface area contributed by atoms with Crippen molar-refractivity contribution in [2.24, 2.45) is 0 Å². The fourth-order valence-corrected chi connectivity index (χ4v) is 0.927. The molecule has 0 aliphatic rings. The van der Waals surface area contributed by atoms with Crippen LogP contribution in [0.15, 0.2) is 12.7 Å². The van der Waals surface area contributed by atoms with Gasteiger partial charge < -0.3 is 0 Å². The molecular formula is C6H15NS. The topological polar surface area (TPSA) is 12.0 Å². The van der Waals surface area contributed by atoms with Crippen molar-refractivity contribution in [1.82, 2.24) is 4.72 Å². The van der Waals surface area contributed by atoms with E-state index < -0.39 is 10.2 Å². The van der Waals surface area contributed by atoms with Gasteiger partial charge >= 0.3 is 0 Å². The van der Waals surface area contributed by atoms with E-state index >= 15 is 0 Å². The summed E-state index contributed by atoms with van der Waals surface area (Å²) < 4.78 is 3.34. The van der Waals surface area contributed by atoms with Gasteiger partial charge in [-0.3, -0.25) is 4.72 Å². The molecule has 0 spiro atoms. The van der Waals surface area contributed by atoms with E-state index in [0.717, 1.165) is 6.54 Å². The van der Waals surface area contributed by atoms with Gasteiger partial charge in [-0.2, -0.15) is 10.2 Å². The van der Waals surface area contributed by atoms with Crippen LogP contribution in [0.2, 0.25) is 0 Å². The molecule has 0 bridgehead atoms. The first-order valence-corrected chi connectivity index (χ1v) is 5.46. The van der Waals surface area contributed by atoms with Gasteiger partial charge in [0.2, 0.25) is 0 Å². The summed E-state index contributed by atoms with van der Waals surface area (Å²) in [5, 5.41) is 0. The average molecular weight is 133 g/mol. The van der Waals surface area contributed by atoms with Crippen LogP contribution in [-0.2, 0) is 0 Å². The normalized spacial score (nSPS) is 13.4. The van der Waals surface area contributed by atoms with Crippen molar-refractivity contribution >= 4 is 10.2 Å². The first-order valence-electron chi connectivity index (χ1n) is 2.60. The summed E-state index contributed by atoms with van der Waals surface area (Å²) in [7, 11) is -0.508. The van der Waals surface area contributed by atoms with Gasteiger partial charge in [0.05, 0.1) is 0 Å². The Kier molecular flexibility index (Phi) is 3.17. The van der Waals surface area contributed by atoms with Crippen molar-refractivity contribution in [2.45, 2.75) is 0 Å². The Labute approximate surface area is 53.6 Å². The Hall–Kier alpha value is 0.0500. The van der Waals surface area contributed by atoms with Crippen molar-refractivity contribution in [3.05, 3.63) is 12.7 Å². The predicted octanol–water partition coefficient (Wildman–Crippen LogP) is 1.37. The van der Waals surface area contributed by atoms with Gasteiger partial charge in [0.25, 0.3) is 0 Å². The van der Waals surface area contributed by atoms with Crippen molar-refractivity contribution in [2.75, 3.05) is 25.3 Å². The van der Waals surface area contributed by atoms with Gasteiger partial charge in [-0.05, 0) is 18.8 Å². The molecule has 0 heterocycles. The lowest BCUT2D eigenvalue weighted by Crippen LogP contribution is -2.16. The summed E-state index contributed by atoms with van der Waals surface area (Å²) in [6, 6.07) is 0. The second-order valence-corrected chi connectivity index (χ2v) is 6.44. The maximum absolute atomic E-state index is 3.61. The lowest BCUT2D eigenvalue weighted by Gasteiger charge is -2.25. The third-order valence-electron chi connectivity index (χ3n) is 0.661. The lowest BCUT2D eigenvalue weighted by molar-refractivity contribution is 1.11. The zero-order valence-corrected chi connectivity index (χ0v) is 6.72. The Bertz CT molecular complexity index is 73.1. The quantitative estimate of drug-likeness (QED) is 0.573. The summed E-state index contributed by atoms with van der Waals surface area (Å²) in [5.41, 5.74) is 0. The maximum atomic E-state index is 3.61. The van der Waals surface area contributed by atoms with E-state index in [1.165, 1.54) is 0 Å². The molecule has 0 saturated heterocycles. The standard InChI is InChI=1S/C6H15NS/c1-5-6-7-8(2,3)4/h5,7H,1,6H2,2-4H3.